The van der Waals surface area contributed by atoms with Crippen LogP contribution in [-0.4, -0.2) is 68.6 Å². The highest BCUT2D eigenvalue weighted by atomic mass is 35.5. The maximum atomic E-state index is 12.9. The monoisotopic (exact) mass is 472 g/mol. The van der Waals surface area contributed by atoms with Gasteiger partial charge in [-0.15, -0.1) is 0 Å². The van der Waals surface area contributed by atoms with Crippen LogP contribution in [0.15, 0.2) is 29.2 Å². The largest absolute Gasteiger partial charge is 0.366 e. The first-order valence-electron chi connectivity index (χ1n) is 9.85. The fraction of sp³-hybridized carbons (Fsp3) is 0.526. The normalized spacial score (nSPS) is 22.5. The third kappa shape index (κ3) is 3.98. The van der Waals surface area contributed by atoms with Gasteiger partial charge in [0.05, 0.1) is 39.5 Å². The van der Waals surface area contributed by atoms with Gasteiger partial charge in [0.1, 0.15) is 0 Å². The second-order valence-corrected chi connectivity index (χ2v) is 12.5. The summed E-state index contributed by atoms with van der Waals surface area (Å²) in [5, 5.41) is 5.01. The number of benzene rings is 1. The molecule has 0 spiro atoms. The van der Waals surface area contributed by atoms with E-state index in [-0.39, 0.29) is 22.4 Å². The van der Waals surface area contributed by atoms with E-state index in [1.807, 2.05) is 18.5 Å². The highest BCUT2D eigenvalue weighted by Crippen LogP contribution is 2.32. The Morgan fingerprint density at radius 1 is 1.13 bits per heavy atom. The minimum Gasteiger partial charge on any atom is -0.366 e. The molecule has 11 heteroatoms. The van der Waals surface area contributed by atoms with Gasteiger partial charge < -0.3 is 4.90 Å². The molecule has 4 rings (SSSR count). The van der Waals surface area contributed by atoms with Crippen molar-refractivity contribution < 1.29 is 16.8 Å². The van der Waals surface area contributed by atoms with Gasteiger partial charge in [-0.05, 0) is 38.5 Å². The lowest BCUT2D eigenvalue weighted by Crippen LogP contribution is -2.49. The summed E-state index contributed by atoms with van der Waals surface area (Å²) in [7, 11) is -6.60. The Balaban J connectivity index is 1.51. The van der Waals surface area contributed by atoms with Gasteiger partial charge in [-0.3, -0.25) is 4.68 Å². The minimum absolute atomic E-state index is 0.125. The molecule has 0 N–H and O–H groups in total. The van der Waals surface area contributed by atoms with Crippen LogP contribution in [0.5, 0.6) is 0 Å². The number of rotatable bonds is 4. The Labute approximate surface area is 182 Å². The molecule has 8 nitrogen and oxygen atoms in total. The topological polar surface area (TPSA) is 92.6 Å². The molecular formula is C19H25ClN4O4S2. The molecule has 164 valence electrons. The van der Waals surface area contributed by atoms with Gasteiger partial charge in [0, 0.05) is 31.2 Å². The second-order valence-electron chi connectivity index (χ2n) is 7.87. The summed E-state index contributed by atoms with van der Waals surface area (Å²) < 4.78 is 52.9. The first-order valence-corrected chi connectivity index (χ1v) is 13.5. The standard InChI is InChI=1S/C19H25ClN4O4S2/c1-14-19(15(2)24(21-14)17-6-11-29(25,26)13-17)22-7-9-23(10-8-22)30(27,28)18-5-3-4-16(20)12-18/h3-5,12,17H,6-11,13H2,1-2H3. The summed E-state index contributed by atoms with van der Waals surface area (Å²) in [4.78, 5) is 2.34. The molecule has 2 saturated heterocycles. The Morgan fingerprint density at radius 2 is 1.83 bits per heavy atom. The molecule has 0 saturated carbocycles. The molecule has 2 fully saturated rings. The lowest BCUT2D eigenvalue weighted by atomic mass is 10.2. The minimum atomic E-state index is -3.60. The maximum Gasteiger partial charge on any atom is 0.243 e. The Kier molecular flexibility index (Phi) is 5.63. The van der Waals surface area contributed by atoms with Gasteiger partial charge in [-0.2, -0.15) is 9.40 Å². The van der Waals surface area contributed by atoms with Crippen molar-refractivity contribution in [1.29, 1.82) is 0 Å². The molecular weight excluding hydrogens is 448 g/mol. The number of hydrogen-bond donors (Lipinski definition) is 0. The molecule has 0 aliphatic carbocycles. The Bertz CT molecular complexity index is 1170. The summed E-state index contributed by atoms with van der Waals surface area (Å²) in [6.45, 7) is 5.66. The first-order chi connectivity index (χ1) is 14.1. The SMILES string of the molecule is Cc1nn(C2CCS(=O)(=O)C2)c(C)c1N1CCN(S(=O)(=O)c2cccc(Cl)c2)CC1. The molecule has 2 aliphatic heterocycles. The number of halogens is 1. The lowest BCUT2D eigenvalue weighted by molar-refractivity contribution is 0.384. The first kappa shape index (κ1) is 21.6. The van der Waals surface area contributed by atoms with E-state index >= 15 is 0 Å². The zero-order chi connectivity index (χ0) is 21.7. The lowest BCUT2D eigenvalue weighted by Gasteiger charge is -2.35. The van der Waals surface area contributed by atoms with Crippen molar-refractivity contribution >= 4 is 37.1 Å². The highest BCUT2D eigenvalue weighted by Gasteiger charge is 2.34. The third-order valence-corrected chi connectivity index (χ3v) is 9.71. The maximum absolute atomic E-state index is 12.9. The van der Waals surface area contributed by atoms with E-state index in [4.69, 9.17) is 11.6 Å². The quantitative estimate of drug-likeness (QED) is 0.676. The van der Waals surface area contributed by atoms with E-state index in [9.17, 15) is 16.8 Å². The highest BCUT2D eigenvalue weighted by molar-refractivity contribution is 7.91. The Morgan fingerprint density at radius 3 is 2.43 bits per heavy atom. The van der Waals surface area contributed by atoms with E-state index in [1.165, 1.54) is 10.4 Å². The molecule has 0 bridgehead atoms. The van der Waals surface area contributed by atoms with Crippen LogP contribution in [0.4, 0.5) is 5.69 Å². The number of aromatic nitrogens is 2. The van der Waals surface area contributed by atoms with Crippen molar-refractivity contribution in [2.75, 3.05) is 42.6 Å². The molecule has 3 heterocycles. The summed E-state index contributed by atoms with van der Waals surface area (Å²) in [5.74, 6) is 0.325. The molecule has 0 radical (unpaired) electrons. The summed E-state index contributed by atoms with van der Waals surface area (Å²) >= 11 is 5.96. The van der Waals surface area contributed by atoms with Crippen molar-refractivity contribution in [3.8, 4) is 0 Å². The van der Waals surface area contributed by atoms with Crippen molar-refractivity contribution in [2.24, 2.45) is 0 Å². The van der Waals surface area contributed by atoms with E-state index in [0.29, 0.717) is 37.6 Å². The average Bonchev–Trinajstić information content (AvgIpc) is 3.20. The van der Waals surface area contributed by atoms with E-state index in [0.717, 1.165) is 17.1 Å². The van der Waals surface area contributed by atoms with E-state index in [1.54, 1.807) is 18.2 Å². The molecule has 1 atom stereocenters. The van der Waals surface area contributed by atoms with Gasteiger partial charge in [-0.25, -0.2) is 16.8 Å². The predicted octanol–water partition coefficient (Wildman–Crippen LogP) is 2.02. The zero-order valence-corrected chi connectivity index (χ0v) is 19.3. The number of aryl methyl sites for hydroxylation is 1. The van der Waals surface area contributed by atoms with Crippen molar-refractivity contribution in [3.63, 3.8) is 0 Å². The van der Waals surface area contributed by atoms with Crippen LogP contribution >= 0.6 is 11.6 Å². The van der Waals surface area contributed by atoms with Crippen LogP contribution in [0.2, 0.25) is 5.02 Å². The smallest absolute Gasteiger partial charge is 0.243 e. The number of sulfone groups is 1. The fourth-order valence-electron chi connectivity index (χ4n) is 4.36. The van der Waals surface area contributed by atoms with Gasteiger partial charge in [0.15, 0.2) is 9.84 Å². The molecule has 2 aromatic rings. The van der Waals surface area contributed by atoms with Crippen molar-refractivity contribution in [2.45, 2.75) is 31.2 Å². The van der Waals surface area contributed by atoms with E-state index < -0.39 is 19.9 Å². The number of hydrogen-bond acceptors (Lipinski definition) is 6. The van der Waals surface area contributed by atoms with Crippen molar-refractivity contribution in [3.05, 3.63) is 40.7 Å². The second kappa shape index (κ2) is 7.81. The fourth-order valence-corrected chi connectivity index (χ4v) is 7.78. The number of anilines is 1. The number of piperazine rings is 1. The van der Waals surface area contributed by atoms with Crippen LogP contribution in [0, 0.1) is 13.8 Å². The summed E-state index contributed by atoms with van der Waals surface area (Å²) in [5.41, 5.74) is 2.74. The van der Waals surface area contributed by atoms with Gasteiger partial charge >= 0.3 is 0 Å². The zero-order valence-electron chi connectivity index (χ0n) is 17.0. The molecule has 1 aromatic heterocycles. The van der Waals surface area contributed by atoms with E-state index in [2.05, 4.69) is 10.00 Å². The number of nitrogens with zero attached hydrogens (tertiary/aromatic N) is 4. The third-order valence-electron chi connectivity index (χ3n) is 5.83. The molecule has 0 amide bonds. The molecule has 1 unspecified atom stereocenters. The van der Waals surface area contributed by atoms with Crippen LogP contribution in [0.25, 0.3) is 0 Å². The average molecular weight is 473 g/mol. The molecule has 1 aromatic carbocycles. The van der Waals surface area contributed by atoms with Crippen LogP contribution in [0.3, 0.4) is 0 Å². The Hall–Kier alpha value is -1.62. The van der Waals surface area contributed by atoms with Crippen LogP contribution < -0.4 is 4.90 Å². The van der Waals surface area contributed by atoms with Gasteiger partial charge in [0.25, 0.3) is 0 Å². The van der Waals surface area contributed by atoms with Crippen LogP contribution in [0.1, 0.15) is 23.9 Å². The predicted molar refractivity (Wildman–Crippen MR) is 116 cm³/mol. The molecule has 2 aliphatic rings. The summed E-state index contributed by atoms with van der Waals surface area (Å²) in [6.07, 6.45) is 0.579. The van der Waals surface area contributed by atoms with Crippen molar-refractivity contribution in [1.82, 2.24) is 14.1 Å². The summed E-state index contributed by atoms with van der Waals surface area (Å²) in [6, 6.07) is 6.18. The molecule has 30 heavy (non-hydrogen) atoms. The van der Waals surface area contributed by atoms with Gasteiger partial charge in [-0.1, -0.05) is 17.7 Å². The van der Waals surface area contributed by atoms with Gasteiger partial charge in [0.2, 0.25) is 10.0 Å². The van der Waals surface area contributed by atoms with Crippen LogP contribution in [-0.2, 0) is 19.9 Å². The number of sulfonamides is 1.